The first kappa shape index (κ1) is 48.0. The van der Waals surface area contributed by atoms with Crippen LogP contribution in [-0.2, 0) is 54.4 Å². The smallest absolute Gasteiger partial charge is 0.326 e. The zero-order valence-corrected chi connectivity index (χ0v) is 31.9. The van der Waals surface area contributed by atoms with Gasteiger partial charge in [0.05, 0.1) is 39.1 Å². The molecule has 0 aliphatic rings. The molecular formula is C33H50N10O12S. The van der Waals surface area contributed by atoms with Crippen LogP contribution in [-0.4, -0.2) is 138 Å². The van der Waals surface area contributed by atoms with E-state index in [1.54, 1.807) is 20.1 Å². The van der Waals surface area contributed by atoms with Crippen LogP contribution < -0.4 is 54.0 Å². The average molecular weight is 811 g/mol. The van der Waals surface area contributed by atoms with Crippen molar-refractivity contribution in [2.45, 2.75) is 57.3 Å². The third-order valence-electron chi connectivity index (χ3n) is 7.50. The van der Waals surface area contributed by atoms with Gasteiger partial charge in [0.2, 0.25) is 53.2 Å². The van der Waals surface area contributed by atoms with Crippen LogP contribution in [0.3, 0.4) is 0 Å². The fourth-order valence-electron chi connectivity index (χ4n) is 4.55. The van der Waals surface area contributed by atoms with E-state index in [4.69, 9.17) is 11.5 Å². The Hall–Kier alpha value is -5.97. The number of carbonyl (C=O) groups excluding carboxylic acids is 9. The van der Waals surface area contributed by atoms with E-state index < -0.39 is 122 Å². The van der Waals surface area contributed by atoms with Gasteiger partial charge in [-0.2, -0.15) is 11.8 Å². The highest BCUT2D eigenvalue weighted by Crippen LogP contribution is 2.11. The summed E-state index contributed by atoms with van der Waals surface area (Å²) in [6.45, 7) is 0.456. The Labute approximate surface area is 326 Å². The number of amides is 9. The number of aliphatic carboxylic acids is 1. The number of aromatic hydroxyl groups is 1. The van der Waals surface area contributed by atoms with Crippen LogP contribution in [0, 0.1) is 5.92 Å². The van der Waals surface area contributed by atoms with E-state index in [-0.39, 0.29) is 25.1 Å². The van der Waals surface area contributed by atoms with Gasteiger partial charge in [-0.1, -0.05) is 26.0 Å². The van der Waals surface area contributed by atoms with Crippen LogP contribution in [0.2, 0.25) is 0 Å². The maximum absolute atomic E-state index is 13.3. The second kappa shape index (κ2) is 25.2. The van der Waals surface area contributed by atoms with Gasteiger partial charge < -0.3 is 64.2 Å². The van der Waals surface area contributed by atoms with E-state index in [1.165, 1.54) is 36.0 Å². The third-order valence-corrected chi connectivity index (χ3v) is 8.15. The number of hydrogen-bond donors (Lipinski definition) is 12. The lowest BCUT2D eigenvalue weighted by molar-refractivity contribution is -0.141. The summed E-state index contributed by atoms with van der Waals surface area (Å²) in [6, 6.07) is 0.425. The second-order valence-electron chi connectivity index (χ2n) is 12.4. The molecule has 0 bridgehead atoms. The number of nitrogens with one attached hydrogen (secondary N) is 8. The Balaban J connectivity index is 2.72. The first-order valence-corrected chi connectivity index (χ1v) is 18.5. The Bertz CT molecular complexity index is 1580. The predicted molar refractivity (Wildman–Crippen MR) is 200 cm³/mol. The second-order valence-corrected chi connectivity index (χ2v) is 13.4. The van der Waals surface area contributed by atoms with Gasteiger partial charge in [-0.25, -0.2) is 4.79 Å². The van der Waals surface area contributed by atoms with Gasteiger partial charge in [0, 0.05) is 6.42 Å². The van der Waals surface area contributed by atoms with Crippen molar-refractivity contribution in [2.75, 3.05) is 44.7 Å². The topological polar surface area (TPSA) is 359 Å². The zero-order chi connectivity index (χ0) is 42.4. The Morgan fingerprint density at radius 3 is 1.66 bits per heavy atom. The number of carboxylic acids is 1. The average Bonchev–Trinajstić information content (AvgIpc) is 3.14. The van der Waals surface area contributed by atoms with Gasteiger partial charge in [-0.3, -0.25) is 43.2 Å². The number of rotatable bonds is 25. The quantitative estimate of drug-likeness (QED) is 0.0439. The van der Waals surface area contributed by atoms with Crippen LogP contribution in [0.1, 0.15) is 32.3 Å². The van der Waals surface area contributed by atoms with E-state index >= 15 is 0 Å². The largest absolute Gasteiger partial charge is 0.508 e. The number of hydrogen-bond acceptors (Lipinski definition) is 13. The molecular weight excluding hydrogens is 760 g/mol. The maximum atomic E-state index is 13.3. The molecule has 1 rings (SSSR count). The molecule has 0 spiro atoms. The summed E-state index contributed by atoms with van der Waals surface area (Å²) in [5, 5.41) is 37.4. The Morgan fingerprint density at radius 2 is 1.16 bits per heavy atom. The molecule has 0 saturated heterocycles. The minimum atomic E-state index is -1.51. The van der Waals surface area contributed by atoms with Crippen molar-refractivity contribution in [3.63, 3.8) is 0 Å². The lowest BCUT2D eigenvalue weighted by atomic mass is 10.0. The van der Waals surface area contributed by atoms with Crippen molar-refractivity contribution in [3.05, 3.63) is 29.8 Å². The Kier molecular flexibility index (Phi) is 21.6. The van der Waals surface area contributed by atoms with Crippen LogP contribution in [0.25, 0.3) is 0 Å². The number of carboxylic acid groups (broad SMARTS) is 1. The lowest BCUT2D eigenvalue weighted by Gasteiger charge is -2.26. The van der Waals surface area contributed by atoms with Crippen molar-refractivity contribution in [2.24, 2.45) is 17.4 Å². The fraction of sp³-hybridized carbons (Fsp3) is 0.515. The fourth-order valence-corrected chi connectivity index (χ4v) is 5.02. The van der Waals surface area contributed by atoms with Gasteiger partial charge in [-0.05, 0) is 42.0 Å². The SMILES string of the molecule is CSCC[C@H](NC(=O)[C@H](CC(N)=O)NC(=O)CNC(=O)CN)C(=O)N[C@H](C(=O)NCC(=O)NCC(=O)NCC(=O)N[C@@H](Cc1ccc(O)cc1)C(=O)O)C(C)C. The highest BCUT2D eigenvalue weighted by atomic mass is 32.2. The van der Waals surface area contributed by atoms with Gasteiger partial charge in [0.15, 0.2) is 0 Å². The monoisotopic (exact) mass is 810 g/mol. The first-order chi connectivity index (χ1) is 26.4. The van der Waals surface area contributed by atoms with Crippen molar-refractivity contribution >= 4 is 70.9 Å². The molecule has 0 radical (unpaired) electrons. The number of nitrogens with two attached hydrogens (primary N) is 2. The van der Waals surface area contributed by atoms with E-state index in [0.717, 1.165) is 0 Å². The first-order valence-electron chi connectivity index (χ1n) is 17.1. The molecule has 23 heteroatoms. The maximum Gasteiger partial charge on any atom is 0.326 e. The van der Waals surface area contributed by atoms with Crippen molar-refractivity contribution in [1.29, 1.82) is 0 Å². The molecule has 14 N–H and O–H groups in total. The van der Waals surface area contributed by atoms with Crippen molar-refractivity contribution in [1.82, 2.24) is 42.5 Å². The summed E-state index contributed by atoms with van der Waals surface area (Å²) in [4.78, 5) is 123. The molecule has 9 amide bonds. The highest BCUT2D eigenvalue weighted by molar-refractivity contribution is 7.98. The van der Waals surface area contributed by atoms with Crippen LogP contribution in [0.5, 0.6) is 5.75 Å². The van der Waals surface area contributed by atoms with Gasteiger partial charge in [-0.15, -0.1) is 0 Å². The van der Waals surface area contributed by atoms with Crippen molar-refractivity contribution < 1.29 is 58.2 Å². The van der Waals surface area contributed by atoms with E-state index in [9.17, 15) is 58.2 Å². The molecule has 0 aromatic heterocycles. The number of thioether (sulfide) groups is 1. The molecule has 4 atom stereocenters. The summed E-state index contributed by atoms with van der Waals surface area (Å²) >= 11 is 1.35. The molecule has 0 fully saturated rings. The predicted octanol–water partition coefficient (Wildman–Crippen LogP) is -5.33. The zero-order valence-electron chi connectivity index (χ0n) is 31.1. The molecule has 22 nitrogen and oxygen atoms in total. The molecule has 0 heterocycles. The van der Waals surface area contributed by atoms with Crippen molar-refractivity contribution in [3.8, 4) is 5.75 Å². The summed E-state index contributed by atoms with van der Waals surface area (Å²) in [5.74, 6) is -8.85. The third kappa shape index (κ3) is 19.4. The molecule has 0 aliphatic heterocycles. The molecule has 310 valence electrons. The minimum Gasteiger partial charge on any atom is -0.508 e. The lowest BCUT2D eigenvalue weighted by Crippen LogP contribution is -2.59. The number of benzene rings is 1. The number of phenols is 1. The molecule has 0 saturated carbocycles. The molecule has 0 aliphatic carbocycles. The number of carbonyl (C=O) groups is 10. The van der Waals surface area contributed by atoms with Gasteiger partial charge in [0.25, 0.3) is 0 Å². The summed E-state index contributed by atoms with van der Waals surface area (Å²) in [7, 11) is 0. The summed E-state index contributed by atoms with van der Waals surface area (Å²) in [5.41, 5.74) is 10.9. The standard InChI is InChI=1S/C33H50N10O12S/c1-17(2)29(43-30(51)20(8-9-56-3)42-31(52)21(11-23(35)45)40-27(49)15-36-24(46)12-34)32(53)39-14-26(48)37-13-25(47)38-16-28(50)41-22(33(54)55)10-18-4-6-19(44)7-5-18/h4-7,17,20-22,29,44H,8-16,34H2,1-3H3,(H2,35,45)(H,36,46)(H,37,48)(H,38,47)(H,39,53)(H,40,49)(H,41,50)(H,42,52)(H,43,51)(H,54,55)/t20-,21-,22-,29-/m0/s1. The van der Waals surface area contributed by atoms with E-state index in [2.05, 4.69) is 42.5 Å². The molecule has 0 unspecified atom stereocenters. The van der Waals surface area contributed by atoms with Crippen LogP contribution >= 0.6 is 11.8 Å². The summed E-state index contributed by atoms with van der Waals surface area (Å²) in [6.07, 6.45) is 1.10. The molecule has 1 aromatic carbocycles. The normalized spacial score (nSPS) is 12.7. The van der Waals surface area contributed by atoms with E-state index in [0.29, 0.717) is 11.3 Å². The van der Waals surface area contributed by atoms with Gasteiger partial charge in [0.1, 0.15) is 29.9 Å². The molecule has 56 heavy (non-hydrogen) atoms. The molecule has 1 aromatic rings. The summed E-state index contributed by atoms with van der Waals surface area (Å²) < 4.78 is 0. The Morgan fingerprint density at radius 1 is 0.661 bits per heavy atom. The van der Waals surface area contributed by atoms with Crippen LogP contribution in [0.15, 0.2) is 24.3 Å². The highest BCUT2D eigenvalue weighted by Gasteiger charge is 2.31. The minimum absolute atomic E-state index is 0.0170. The number of primary amides is 1. The number of phenolic OH excluding ortho intramolecular Hbond substituents is 1. The van der Waals surface area contributed by atoms with Crippen LogP contribution in [0.4, 0.5) is 0 Å². The van der Waals surface area contributed by atoms with Gasteiger partial charge >= 0.3 is 5.97 Å². The van der Waals surface area contributed by atoms with E-state index in [1.807, 2.05) is 0 Å².